The van der Waals surface area contributed by atoms with Crippen LogP contribution in [-0.4, -0.2) is 0 Å². The van der Waals surface area contributed by atoms with Crippen molar-refractivity contribution in [3.05, 3.63) is 69.7 Å². The summed E-state index contributed by atoms with van der Waals surface area (Å²) in [5, 5.41) is 0. The van der Waals surface area contributed by atoms with Crippen LogP contribution < -0.4 is 0 Å². The highest BCUT2D eigenvalue weighted by atomic mass is 79.9. The number of rotatable bonds is 4. The fraction of sp³-hybridized carbons (Fsp3) is 0.294. The second-order valence-corrected chi connectivity index (χ2v) is 6.72. The molecular formula is C17H18Br2. The highest BCUT2D eigenvalue weighted by Gasteiger charge is 2.11. The second-order valence-electron chi connectivity index (χ2n) is 4.89. The van der Waals surface area contributed by atoms with Crippen LogP contribution in [0.25, 0.3) is 0 Å². The van der Waals surface area contributed by atoms with E-state index < -0.39 is 0 Å². The van der Waals surface area contributed by atoms with Gasteiger partial charge in [0.25, 0.3) is 0 Å². The Balaban J connectivity index is 2.19. The summed E-state index contributed by atoms with van der Waals surface area (Å²) in [5.74, 6) is 0.635. The van der Waals surface area contributed by atoms with Crippen molar-refractivity contribution >= 4 is 31.9 Å². The van der Waals surface area contributed by atoms with Gasteiger partial charge >= 0.3 is 0 Å². The lowest BCUT2D eigenvalue weighted by Crippen LogP contribution is -1.95. The molecule has 0 aliphatic rings. The van der Waals surface area contributed by atoms with Gasteiger partial charge in [-0.2, -0.15) is 0 Å². The average molecular weight is 382 g/mol. The zero-order valence-corrected chi connectivity index (χ0v) is 14.4. The summed E-state index contributed by atoms with van der Waals surface area (Å²) in [6.07, 6.45) is 1.18. The Morgan fingerprint density at radius 1 is 0.842 bits per heavy atom. The third-order valence-corrected chi connectivity index (χ3v) is 5.16. The van der Waals surface area contributed by atoms with Crippen LogP contribution in [0.5, 0.6) is 0 Å². The van der Waals surface area contributed by atoms with E-state index in [1.54, 1.807) is 0 Å². The van der Waals surface area contributed by atoms with Gasteiger partial charge in [-0.3, -0.25) is 0 Å². The molecule has 0 aliphatic carbocycles. The van der Waals surface area contributed by atoms with Crippen molar-refractivity contribution in [1.29, 1.82) is 0 Å². The molecule has 0 nitrogen and oxygen atoms in total. The van der Waals surface area contributed by atoms with Gasteiger partial charge in [0.1, 0.15) is 0 Å². The molecule has 0 aromatic heterocycles. The van der Waals surface area contributed by atoms with Crippen molar-refractivity contribution < 1.29 is 0 Å². The summed E-state index contributed by atoms with van der Waals surface area (Å²) in [6, 6.07) is 17.4. The Hall–Kier alpha value is -0.600. The van der Waals surface area contributed by atoms with E-state index in [2.05, 4.69) is 94.2 Å². The summed E-state index contributed by atoms with van der Waals surface area (Å²) in [4.78, 5) is 0.256. The molecule has 0 amide bonds. The number of hydrogen-bond donors (Lipinski definition) is 0. The monoisotopic (exact) mass is 380 g/mol. The van der Waals surface area contributed by atoms with Crippen LogP contribution >= 0.6 is 31.9 Å². The summed E-state index contributed by atoms with van der Waals surface area (Å²) >= 11 is 7.25. The zero-order chi connectivity index (χ0) is 13.8. The molecular weight excluding hydrogens is 364 g/mol. The van der Waals surface area contributed by atoms with Gasteiger partial charge in [0.15, 0.2) is 0 Å². The highest BCUT2D eigenvalue weighted by Crippen LogP contribution is 2.32. The minimum absolute atomic E-state index is 0.256. The van der Waals surface area contributed by atoms with Crippen LogP contribution in [0, 0.1) is 0 Å². The first-order chi connectivity index (χ1) is 9.11. The Bertz CT molecular complexity index is 514. The minimum atomic E-state index is 0.256. The van der Waals surface area contributed by atoms with Crippen LogP contribution in [0.3, 0.4) is 0 Å². The van der Waals surface area contributed by atoms with Crippen LogP contribution in [0.1, 0.15) is 47.7 Å². The number of alkyl halides is 1. The molecule has 100 valence electrons. The maximum atomic E-state index is 3.78. The van der Waals surface area contributed by atoms with Crippen molar-refractivity contribution in [3.8, 4) is 0 Å². The summed E-state index contributed by atoms with van der Waals surface area (Å²) in [7, 11) is 0. The van der Waals surface area contributed by atoms with E-state index in [9.17, 15) is 0 Å². The van der Waals surface area contributed by atoms with Crippen molar-refractivity contribution in [2.75, 3.05) is 0 Å². The lowest BCUT2D eigenvalue weighted by molar-refractivity contribution is 0.733. The Morgan fingerprint density at radius 3 is 1.74 bits per heavy atom. The van der Waals surface area contributed by atoms with Crippen molar-refractivity contribution in [2.24, 2.45) is 0 Å². The quantitative estimate of drug-likeness (QED) is 0.534. The standard InChI is InChI=1S/C17H18Br2/c1-3-12(2)13-4-6-14(7-5-13)17(19)15-8-10-16(18)11-9-15/h4-12,17H,3H2,1-2H3. The molecule has 0 spiro atoms. The molecule has 2 heteroatoms. The first-order valence-corrected chi connectivity index (χ1v) is 8.32. The van der Waals surface area contributed by atoms with Gasteiger partial charge in [0, 0.05) is 4.47 Å². The fourth-order valence-corrected chi connectivity index (χ4v) is 2.93. The maximum Gasteiger partial charge on any atom is 0.0644 e. The number of hydrogen-bond acceptors (Lipinski definition) is 0. The molecule has 0 saturated carbocycles. The Kier molecular flexibility index (Phi) is 5.23. The van der Waals surface area contributed by atoms with Crippen LogP contribution in [0.4, 0.5) is 0 Å². The number of benzene rings is 2. The van der Waals surface area contributed by atoms with Gasteiger partial charge in [0.05, 0.1) is 4.83 Å². The predicted octanol–water partition coefficient (Wildman–Crippen LogP) is 6.45. The minimum Gasteiger partial charge on any atom is -0.0786 e. The first-order valence-electron chi connectivity index (χ1n) is 6.61. The summed E-state index contributed by atoms with van der Waals surface area (Å²) < 4.78 is 1.11. The predicted molar refractivity (Wildman–Crippen MR) is 90.1 cm³/mol. The van der Waals surface area contributed by atoms with E-state index in [-0.39, 0.29) is 4.83 Å². The molecule has 2 rings (SSSR count). The maximum absolute atomic E-state index is 3.78. The Labute approximate surface area is 132 Å². The van der Waals surface area contributed by atoms with Crippen LogP contribution in [-0.2, 0) is 0 Å². The van der Waals surface area contributed by atoms with Crippen molar-refractivity contribution in [2.45, 2.75) is 31.0 Å². The van der Waals surface area contributed by atoms with E-state index in [0.29, 0.717) is 5.92 Å². The first kappa shape index (κ1) is 14.8. The molecule has 2 unspecified atom stereocenters. The molecule has 0 bridgehead atoms. The van der Waals surface area contributed by atoms with Gasteiger partial charge in [-0.1, -0.05) is 82.1 Å². The van der Waals surface area contributed by atoms with Gasteiger partial charge in [-0.05, 0) is 41.2 Å². The van der Waals surface area contributed by atoms with E-state index >= 15 is 0 Å². The zero-order valence-electron chi connectivity index (χ0n) is 11.2. The third-order valence-electron chi connectivity index (χ3n) is 3.57. The van der Waals surface area contributed by atoms with E-state index in [4.69, 9.17) is 0 Å². The lowest BCUT2D eigenvalue weighted by atomic mass is 9.96. The SMILES string of the molecule is CCC(C)c1ccc(C(Br)c2ccc(Br)cc2)cc1. The molecule has 2 atom stereocenters. The Morgan fingerprint density at radius 2 is 1.26 bits per heavy atom. The molecule has 0 N–H and O–H groups in total. The fourth-order valence-electron chi connectivity index (χ4n) is 2.05. The van der Waals surface area contributed by atoms with Gasteiger partial charge in [0.2, 0.25) is 0 Å². The van der Waals surface area contributed by atoms with E-state index in [0.717, 1.165) is 4.47 Å². The smallest absolute Gasteiger partial charge is 0.0644 e. The molecule has 19 heavy (non-hydrogen) atoms. The average Bonchev–Trinajstić information content (AvgIpc) is 2.46. The topological polar surface area (TPSA) is 0 Å². The largest absolute Gasteiger partial charge is 0.0786 e. The van der Waals surface area contributed by atoms with Crippen LogP contribution in [0.15, 0.2) is 53.0 Å². The van der Waals surface area contributed by atoms with Gasteiger partial charge < -0.3 is 0 Å². The van der Waals surface area contributed by atoms with Crippen molar-refractivity contribution in [3.63, 3.8) is 0 Å². The molecule has 0 saturated heterocycles. The molecule has 0 fully saturated rings. The molecule has 0 aliphatic heterocycles. The van der Waals surface area contributed by atoms with Gasteiger partial charge in [-0.25, -0.2) is 0 Å². The summed E-state index contributed by atoms with van der Waals surface area (Å²) in [6.45, 7) is 4.50. The molecule has 0 heterocycles. The van der Waals surface area contributed by atoms with Gasteiger partial charge in [-0.15, -0.1) is 0 Å². The van der Waals surface area contributed by atoms with Crippen LogP contribution in [0.2, 0.25) is 0 Å². The molecule has 2 aromatic rings. The van der Waals surface area contributed by atoms with E-state index in [1.165, 1.54) is 23.1 Å². The number of halogens is 2. The highest BCUT2D eigenvalue weighted by molar-refractivity contribution is 9.10. The van der Waals surface area contributed by atoms with Crippen molar-refractivity contribution in [1.82, 2.24) is 0 Å². The molecule has 2 aromatic carbocycles. The normalized spacial score (nSPS) is 14.1. The summed E-state index contributed by atoms with van der Waals surface area (Å²) in [5.41, 5.74) is 4.00. The van der Waals surface area contributed by atoms with E-state index in [1.807, 2.05) is 0 Å². The lowest BCUT2D eigenvalue weighted by Gasteiger charge is -2.13. The third kappa shape index (κ3) is 3.70. The molecule has 0 radical (unpaired) electrons. The second kappa shape index (κ2) is 6.71.